The second-order valence-corrected chi connectivity index (χ2v) is 8.92. The number of methoxy groups -OCH3 is 1. The molecule has 0 amide bonds. The lowest BCUT2D eigenvalue weighted by Crippen LogP contribution is -2.34. The van der Waals surface area contributed by atoms with Gasteiger partial charge in [0.05, 0.1) is 24.2 Å². The fraction of sp³-hybridized carbons (Fsp3) is 0.222. The number of anilines is 1. The van der Waals surface area contributed by atoms with E-state index in [2.05, 4.69) is 27.3 Å². The standard InChI is InChI=1S/C19H17ClN2OS.C8H8F3N/c1-23-14-5-2-12(3-6-14)19-18-15(8-9-22(19)11-24)16-10-13(20)4-7-17(16)21-18;1-12-7-5-3-2-4-6(7)8(9,10)11/h2-7,10-11,19,21H,8-9H2,1H3;2-5,12H,1H3. The number of ether oxygens (including phenoxy) is 1. The number of H-pyrrole nitrogens is 1. The molecular formula is C27H25ClF3N3OS. The maximum atomic E-state index is 12.2. The van der Waals surface area contributed by atoms with Gasteiger partial charge in [0.25, 0.3) is 0 Å². The van der Waals surface area contributed by atoms with Crippen LogP contribution in [0.1, 0.15) is 28.4 Å². The number of aromatic amines is 1. The van der Waals surface area contributed by atoms with Gasteiger partial charge in [0.1, 0.15) is 5.75 Å². The van der Waals surface area contributed by atoms with Crippen molar-refractivity contribution in [3.8, 4) is 5.75 Å². The van der Waals surface area contributed by atoms with Gasteiger partial charge in [-0.05, 0) is 60.0 Å². The second-order valence-electron chi connectivity index (χ2n) is 8.27. The Hall–Kier alpha value is -3.23. The molecule has 4 nitrogen and oxygen atoms in total. The molecular weight excluding hydrogens is 507 g/mol. The van der Waals surface area contributed by atoms with Crippen molar-refractivity contribution in [2.24, 2.45) is 0 Å². The summed E-state index contributed by atoms with van der Waals surface area (Å²) in [5.74, 6) is 0.854. The summed E-state index contributed by atoms with van der Waals surface area (Å²) in [5, 5.41) is 4.46. The Morgan fingerprint density at radius 3 is 2.44 bits per heavy atom. The monoisotopic (exact) mass is 531 g/mol. The highest BCUT2D eigenvalue weighted by Gasteiger charge is 2.33. The molecule has 0 saturated heterocycles. The van der Waals surface area contributed by atoms with E-state index in [1.807, 2.05) is 30.3 Å². The van der Waals surface area contributed by atoms with E-state index in [0.717, 1.165) is 35.3 Å². The van der Waals surface area contributed by atoms with Crippen molar-refractivity contribution in [2.45, 2.75) is 18.6 Å². The van der Waals surface area contributed by atoms with Gasteiger partial charge < -0.3 is 19.9 Å². The average molecular weight is 532 g/mol. The fourth-order valence-electron chi connectivity index (χ4n) is 4.49. The SMILES string of the molecule is CNc1ccccc1C(F)(F)F.COc1ccc(C2c3[nH]c4ccc(Cl)cc4c3CCN2C=S)cc1. The Labute approximate surface area is 218 Å². The first-order valence-corrected chi connectivity index (χ1v) is 12.1. The molecule has 0 saturated carbocycles. The van der Waals surface area contributed by atoms with Crippen molar-refractivity contribution in [3.63, 3.8) is 0 Å². The van der Waals surface area contributed by atoms with Crippen molar-refractivity contribution in [1.82, 2.24) is 9.88 Å². The Kier molecular flexibility index (Phi) is 7.76. The van der Waals surface area contributed by atoms with E-state index in [1.165, 1.54) is 41.4 Å². The largest absolute Gasteiger partial charge is 0.497 e. The molecule has 2 N–H and O–H groups in total. The number of benzene rings is 3. The first kappa shape index (κ1) is 25.9. The predicted octanol–water partition coefficient (Wildman–Crippen LogP) is 7.48. The number of nitrogens with zero attached hydrogens (tertiary/aromatic N) is 1. The summed E-state index contributed by atoms with van der Waals surface area (Å²) in [7, 11) is 3.14. The van der Waals surface area contributed by atoms with E-state index in [0.29, 0.717) is 0 Å². The minimum Gasteiger partial charge on any atom is -0.497 e. The maximum absolute atomic E-state index is 12.2. The van der Waals surface area contributed by atoms with E-state index in [-0.39, 0.29) is 11.7 Å². The van der Waals surface area contributed by atoms with Crippen LogP contribution >= 0.6 is 23.8 Å². The minimum absolute atomic E-state index is 0.0864. The number of hydrogen-bond donors (Lipinski definition) is 2. The average Bonchev–Trinajstić information content (AvgIpc) is 3.25. The molecule has 36 heavy (non-hydrogen) atoms. The molecule has 0 fully saturated rings. The van der Waals surface area contributed by atoms with Gasteiger partial charge >= 0.3 is 6.18 Å². The molecule has 0 spiro atoms. The molecule has 1 aliphatic rings. The normalized spacial score (nSPS) is 15.1. The van der Waals surface area contributed by atoms with Crippen LogP contribution in [0.4, 0.5) is 18.9 Å². The maximum Gasteiger partial charge on any atom is 0.418 e. The number of nitrogens with one attached hydrogen (secondary N) is 2. The lowest BCUT2D eigenvalue weighted by molar-refractivity contribution is -0.136. The molecule has 3 aromatic carbocycles. The van der Waals surface area contributed by atoms with Crippen LogP contribution in [0, 0.1) is 0 Å². The van der Waals surface area contributed by atoms with Crippen molar-refractivity contribution in [2.75, 3.05) is 26.0 Å². The highest BCUT2D eigenvalue weighted by molar-refractivity contribution is 7.78. The molecule has 0 aliphatic carbocycles. The number of alkyl halides is 3. The molecule has 5 rings (SSSR count). The highest BCUT2D eigenvalue weighted by Crippen LogP contribution is 2.39. The van der Waals surface area contributed by atoms with Crippen LogP contribution in [0.3, 0.4) is 0 Å². The molecule has 0 bridgehead atoms. The molecule has 2 heterocycles. The first-order chi connectivity index (χ1) is 17.3. The first-order valence-electron chi connectivity index (χ1n) is 11.3. The third kappa shape index (κ3) is 5.29. The second kappa shape index (κ2) is 10.8. The van der Waals surface area contributed by atoms with E-state index in [9.17, 15) is 13.2 Å². The molecule has 1 unspecified atom stereocenters. The van der Waals surface area contributed by atoms with Crippen molar-refractivity contribution in [1.29, 1.82) is 0 Å². The molecule has 1 atom stereocenters. The topological polar surface area (TPSA) is 40.3 Å². The summed E-state index contributed by atoms with van der Waals surface area (Å²) in [4.78, 5) is 5.79. The summed E-state index contributed by atoms with van der Waals surface area (Å²) in [6, 6.07) is 19.6. The Balaban J connectivity index is 0.000000214. The van der Waals surface area contributed by atoms with Gasteiger partial charge in [-0.15, -0.1) is 0 Å². The smallest absolute Gasteiger partial charge is 0.418 e. The van der Waals surface area contributed by atoms with E-state index < -0.39 is 11.7 Å². The van der Waals surface area contributed by atoms with E-state index in [4.69, 9.17) is 28.6 Å². The van der Waals surface area contributed by atoms with Gasteiger partial charge in [-0.1, -0.05) is 48.1 Å². The molecule has 4 aromatic rings. The van der Waals surface area contributed by atoms with Crippen LogP contribution in [-0.4, -0.2) is 36.1 Å². The molecule has 1 aromatic heterocycles. The van der Waals surface area contributed by atoms with E-state index in [1.54, 1.807) is 18.7 Å². The summed E-state index contributed by atoms with van der Waals surface area (Å²) in [6.45, 7) is 0.895. The zero-order valence-corrected chi connectivity index (χ0v) is 21.3. The third-order valence-corrected chi connectivity index (χ3v) is 6.70. The number of fused-ring (bicyclic) bond motifs is 3. The third-order valence-electron chi connectivity index (χ3n) is 6.20. The van der Waals surface area contributed by atoms with Crippen molar-refractivity contribution in [3.05, 3.63) is 94.1 Å². The lowest BCUT2D eigenvalue weighted by atomic mass is 9.93. The molecule has 0 radical (unpaired) electrons. The van der Waals surface area contributed by atoms with Gasteiger partial charge in [0, 0.05) is 40.9 Å². The Bertz CT molecular complexity index is 1350. The Morgan fingerprint density at radius 1 is 1.11 bits per heavy atom. The van der Waals surface area contributed by atoms with Crippen LogP contribution < -0.4 is 10.1 Å². The molecule has 9 heteroatoms. The van der Waals surface area contributed by atoms with E-state index >= 15 is 0 Å². The van der Waals surface area contributed by atoms with Crippen LogP contribution in [0.15, 0.2) is 66.7 Å². The number of para-hydroxylation sites is 1. The number of halogens is 4. The summed E-state index contributed by atoms with van der Waals surface area (Å²) < 4.78 is 41.9. The van der Waals surface area contributed by atoms with Gasteiger partial charge in [-0.25, -0.2) is 0 Å². The van der Waals surface area contributed by atoms with Crippen molar-refractivity contribution < 1.29 is 17.9 Å². The molecule has 188 valence electrons. The summed E-state index contributed by atoms with van der Waals surface area (Å²) in [5.41, 5.74) is 6.07. The highest BCUT2D eigenvalue weighted by atomic mass is 35.5. The quantitative estimate of drug-likeness (QED) is 0.268. The van der Waals surface area contributed by atoms with Gasteiger partial charge in [0.15, 0.2) is 0 Å². The van der Waals surface area contributed by atoms with Crippen LogP contribution in [0.25, 0.3) is 10.9 Å². The van der Waals surface area contributed by atoms with Crippen LogP contribution in [0.2, 0.25) is 5.02 Å². The van der Waals surface area contributed by atoms with Gasteiger partial charge in [-0.3, -0.25) is 0 Å². The minimum atomic E-state index is -4.28. The number of rotatable bonds is 4. The summed E-state index contributed by atoms with van der Waals surface area (Å²) >= 11 is 11.5. The van der Waals surface area contributed by atoms with Crippen LogP contribution in [-0.2, 0) is 12.6 Å². The number of hydrogen-bond acceptors (Lipinski definition) is 3. The zero-order valence-electron chi connectivity index (χ0n) is 19.7. The number of aromatic nitrogens is 1. The zero-order chi connectivity index (χ0) is 25.9. The van der Waals surface area contributed by atoms with Crippen molar-refractivity contribution >= 4 is 45.9 Å². The van der Waals surface area contributed by atoms with Crippen LogP contribution in [0.5, 0.6) is 5.75 Å². The Morgan fingerprint density at radius 2 is 1.83 bits per heavy atom. The lowest BCUT2D eigenvalue weighted by Gasteiger charge is -2.34. The predicted molar refractivity (Wildman–Crippen MR) is 143 cm³/mol. The molecule has 1 aliphatic heterocycles. The number of thiocarbonyl (C=S) groups is 1. The van der Waals surface area contributed by atoms with Gasteiger partial charge in [0.2, 0.25) is 0 Å². The summed E-state index contributed by atoms with van der Waals surface area (Å²) in [6.07, 6.45) is -3.32. The van der Waals surface area contributed by atoms with Gasteiger partial charge in [-0.2, -0.15) is 13.2 Å². The fourth-order valence-corrected chi connectivity index (χ4v) is 4.88.